The second-order valence-corrected chi connectivity index (χ2v) is 3.13. The highest BCUT2D eigenvalue weighted by atomic mass is 16.5. The Balaban J connectivity index is 2.78. The molecule has 2 aromatic rings. The van der Waals surface area contributed by atoms with Crippen LogP contribution in [0.2, 0.25) is 0 Å². The van der Waals surface area contributed by atoms with Gasteiger partial charge in [0.25, 0.3) is 0 Å². The minimum atomic E-state index is 0.895. The Morgan fingerprint density at radius 2 is 2.15 bits per heavy atom. The molecule has 0 saturated heterocycles. The zero-order valence-corrected chi connectivity index (χ0v) is 8.03. The van der Waals surface area contributed by atoms with Gasteiger partial charge in [0.1, 0.15) is 5.75 Å². The number of aryl methyl sites for hydroxylation is 2. The third kappa shape index (κ3) is 1.16. The molecule has 3 nitrogen and oxygen atoms in total. The number of fused-ring (bicyclic) bond motifs is 1. The Morgan fingerprint density at radius 3 is 2.85 bits per heavy atom. The van der Waals surface area contributed by atoms with Gasteiger partial charge in [-0.05, 0) is 19.1 Å². The van der Waals surface area contributed by atoms with Crippen molar-refractivity contribution in [2.24, 2.45) is 7.05 Å². The van der Waals surface area contributed by atoms with Crippen molar-refractivity contribution in [3.8, 4) is 5.75 Å². The van der Waals surface area contributed by atoms with Gasteiger partial charge in [-0.15, -0.1) is 0 Å². The smallest absolute Gasteiger partial charge is 0.124 e. The van der Waals surface area contributed by atoms with Gasteiger partial charge in [-0.1, -0.05) is 0 Å². The van der Waals surface area contributed by atoms with E-state index >= 15 is 0 Å². The van der Waals surface area contributed by atoms with Gasteiger partial charge in [-0.25, -0.2) is 0 Å². The van der Waals surface area contributed by atoms with Gasteiger partial charge in [0.05, 0.1) is 12.6 Å². The van der Waals surface area contributed by atoms with Crippen LogP contribution in [0.5, 0.6) is 5.75 Å². The topological polar surface area (TPSA) is 27.1 Å². The molecule has 3 heteroatoms. The summed E-state index contributed by atoms with van der Waals surface area (Å²) in [6.07, 6.45) is 2.00. The van der Waals surface area contributed by atoms with E-state index in [9.17, 15) is 0 Å². The predicted octanol–water partition coefficient (Wildman–Crippen LogP) is 1.89. The van der Waals surface area contributed by atoms with Crippen LogP contribution in [0.4, 0.5) is 0 Å². The molecule has 0 unspecified atom stereocenters. The van der Waals surface area contributed by atoms with E-state index in [2.05, 4.69) is 5.10 Å². The van der Waals surface area contributed by atoms with E-state index in [1.165, 1.54) is 0 Å². The minimum Gasteiger partial charge on any atom is -0.496 e. The number of benzene rings is 1. The van der Waals surface area contributed by atoms with Crippen LogP contribution in [-0.4, -0.2) is 16.9 Å². The Kier molecular flexibility index (Phi) is 1.72. The SMILES string of the molecule is COc1ccc2cn(C)nc2c1C. The normalized spacial score (nSPS) is 10.7. The average molecular weight is 176 g/mol. The molecule has 0 aliphatic heterocycles. The largest absolute Gasteiger partial charge is 0.496 e. The molecule has 1 aromatic heterocycles. The number of methoxy groups -OCH3 is 1. The monoisotopic (exact) mass is 176 g/mol. The van der Waals surface area contributed by atoms with E-state index in [0.717, 1.165) is 22.2 Å². The standard InChI is InChI=1S/C10H12N2O/c1-7-9(13-3)5-4-8-6-12(2)11-10(7)8/h4-6H,1-3H3. The molecular formula is C10H12N2O. The van der Waals surface area contributed by atoms with Crippen molar-refractivity contribution >= 4 is 10.9 Å². The fraction of sp³-hybridized carbons (Fsp3) is 0.300. The van der Waals surface area contributed by atoms with Crippen LogP contribution in [-0.2, 0) is 7.05 Å². The summed E-state index contributed by atoms with van der Waals surface area (Å²) in [5.41, 5.74) is 2.11. The van der Waals surface area contributed by atoms with Crippen LogP contribution in [0.1, 0.15) is 5.56 Å². The first-order chi connectivity index (χ1) is 6.22. The van der Waals surface area contributed by atoms with Crippen molar-refractivity contribution in [2.75, 3.05) is 7.11 Å². The number of aromatic nitrogens is 2. The van der Waals surface area contributed by atoms with Crippen LogP contribution in [0.15, 0.2) is 18.3 Å². The lowest BCUT2D eigenvalue weighted by Gasteiger charge is -2.03. The molecule has 0 atom stereocenters. The first kappa shape index (κ1) is 8.10. The van der Waals surface area contributed by atoms with Crippen LogP contribution >= 0.6 is 0 Å². The molecule has 0 saturated carbocycles. The number of hydrogen-bond acceptors (Lipinski definition) is 2. The molecule has 0 N–H and O–H groups in total. The fourth-order valence-electron chi connectivity index (χ4n) is 1.55. The van der Waals surface area contributed by atoms with Gasteiger partial charge in [-0.3, -0.25) is 4.68 Å². The van der Waals surface area contributed by atoms with Crippen molar-refractivity contribution in [1.29, 1.82) is 0 Å². The minimum absolute atomic E-state index is 0.895. The Hall–Kier alpha value is -1.51. The van der Waals surface area contributed by atoms with E-state index in [1.54, 1.807) is 7.11 Å². The third-order valence-electron chi connectivity index (χ3n) is 2.22. The summed E-state index contributed by atoms with van der Waals surface area (Å²) in [6, 6.07) is 3.99. The molecule has 2 rings (SSSR count). The van der Waals surface area contributed by atoms with Crippen LogP contribution < -0.4 is 4.74 Å². The lowest BCUT2D eigenvalue weighted by molar-refractivity contribution is 0.412. The summed E-state index contributed by atoms with van der Waals surface area (Å²) in [5, 5.41) is 5.51. The molecule has 0 amide bonds. The third-order valence-corrected chi connectivity index (χ3v) is 2.22. The lowest BCUT2D eigenvalue weighted by atomic mass is 10.1. The summed E-state index contributed by atoms with van der Waals surface area (Å²) in [5.74, 6) is 0.895. The molecule has 0 aliphatic rings. The van der Waals surface area contributed by atoms with Gasteiger partial charge in [0, 0.05) is 24.2 Å². The number of hydrogen-bond donors (Lipinski definition) is 0. The highest BCUT2D eigenvalue weighted by molar-refractivity contribution is 5.83. The Labute approximate surface area is 76.9 Å². The maximum absolute atomic E-state index is 5.21. The van der Waals surface area contributed by atoms with Crippen molar-refractivity contribution in [3.63, 3.8) is 0 Å². The van der Waals surface area contributed by atoms with Gasteiger partial charge in [-0.2, -0.15) is 5.10 Å². The fourth-order valence-corrected chi connectivity index (χ4v) is 1.55. The zero-order valence-electron chi connectivity index (χ0n) is 8.03. The number of rotatable bonds is 1. The maximum Gasteiger partial charge on any atom is 0.124 e. The van der Waals surface area contributed by atoms with Crippen molar-refractivity contribution < 1.29 is 4.74 Å². The van der Waals surface area contributed by atoms with Gasteiger partial charge >= 0.3 is 0 Å². The summed E-state index contributed by atoms with van der Waals surface area (Å²) in [6.45, 7) is 2.02. The van der Waals surface area contributed by atoms with E-state index in [0.29, 0.717) is 0 Å². The Morgan fingerprint density at radius 1 is 1.38 bits per heavy atom. The molecule has 0 bridgehead atoms. The lowest BCUT2D eigenvalue weighted by Crippen LogP contribution is -1.89. The van der Waals surface area contributed by atoms with E-state index in [-0.39, 0.29) is 0 Å². The van der Waals surface area contributed by atoms with Crippen LogP contribution in [0, 0.1) is 6.92 Å². The van der Waals surface area contributed by atoms with E-state index < -0.39 is 0 Å². The highest BCUT2D eigenvalue weighted by Gasteiger charge is 2.06. The maximum atomic E-state index is 5.21. The molecule has 0 aliphatic carbocycles. The molecule has 0 radical (unpaired) electrons. The highest BCUT2D eigenvalue weighted by Crippen LogP contribution is 2.25. The molecule has 1 heterocycles. The van der Waals surface area contributed by atoms with Crippen LogP contribution in [0.3, 0.4) is 0 Å². The average Bonchev–Trinajstić information content (AvgIpc) is 2.47. The summed E-state index contributed by atoms with van der Waals surface area (Å²) < 4.78 is 7.03. The first-order valence-corrected chi connectivity index (χ1v) is 4.19. The molecule has 0 fully saturated rings. The molecular weight excluding hydrogens is 164 g/mol. The molecule has 1 aromatic carbocycles. The zero-order chi connectivity index (χ0) is 9.42. The second-order valence-electron chi connectivity index (χ2n) is 3.13. The van der Waals surface area contributed by atoms with Crippen LogP contribution in [0.25, 0.3) is 10.9 Å². The second kappa shape index (κ2) is 2.76. The Bertz CT molecular complexity index is 445. The number of nitrogens with zero attached hydrogens (tertiary/aromatic N) is 2. The summed E-state index contributed by atoms with van der Waals surface area (Å²) in [7, 11) is 3.60. The van der Waals surface area contributed by atoms with Crippen molar-refractivity contribution in [2.45, 2.75) is 6.92 Å². The number of ether oxygens (including phenoxy) is 1. The first-order valence-electron chi connectivity index (χ1n) is 4.19. The van der Waals surface area contributed by atoms with Gasteiger partial charge in [0.2, 0.25) is 0 Å². The van der Waals surface area contributed by atoms with Crippen molar-refractivity contribution in [3.05, 3.63) is 23.9 Å². The van der Waals surface area contributed by atoms with Gasteiger partial charge < -0.3 is 4.74 Å². The predicted molar refractivity (Wildman–Crippen MR) is 52.0 cm³/mol. The quantitative estimate of drug-likeness (QED) is 0.663. The summed E-state index contributed by atoms with van der Waals surface area (Å²) in [4.78, 5) is 0. The molecule has 68 valence electrons. The molecule has 13 heavy (non-hydrogen) atoms. The van der Waals surface area contributed by atoms with Gasteiger partial charge in [0.15, 0.2) is 0 Å². The van der Waals surface area contributed by atoms with Crippen molar-refractivity contribution in [1.82, 2.24) is 9.78 Å². The van der Waals surface area contributed by atoms with E-state index in [4.69, 9.17) is 4.74 Å². The molecule has 0 spiro atoms. The summed E-state index contributed by atoms with van der Waals surface area (Å²) >= 11 is 0. The van der Waals surface area contributed by atoms with E-state index in [1.807, 2.05) is 37.0 Å².